The molecule has 0 saturated carbocycles. The third-order valence-electron chi connectivity index (χ3n) is 6.37. The summed E-state index contributed by atoms with van der Waals surface area (Å²) in [6.07, 6.45) is 3.50. The minimum absolute atomic E-state index is 0.0246. The second-order valence-corrected chi connectivity index (χ2v) is 8.37. The van der Waals surface area contributed by atoms with Gasteiger partial charge in [-0.05, 0) is 55.0 Å². The number of amides is 2. The van der Waals surface area contributed by atoms with Gasteiger partial charge in [-0.3, -0.25) is 14.6 Å². The molecule has 170 valence electrons. The fourth-order valence-corrected chi connectivity index (χ4v) is 4.41. The predicted octanol–water partition coefficient (Wildman–Crippen LogP) is 2.84. The van der Waals surface area contributed by atoms with Gasteiger partial charge in [-0.2, -0.15) is 0 Å². The van der Waals surface area contributed by atoms with Gasteiger partial charge in [0.25, 0.3) is 0 Å². The van der Waals surface area contributed by atoms with Crippen molar-refractivity contribution in [3.63, 3.8) is 0 Å². The number of aromatic nitrogens is 1. The van der Waals surface area contributed by atoms with Crippen LogP contribution in [0.25, 0.3) is 0 Å². The molecule has 1 aromatic carbocycles. The third kappa shape index (κ3) is 4.80. The molecule has 1 aromatic heterocycles. The molecular formula is C24H27F2N3O3. The van der Waals surface area contributed by atoms with E-state index >= 15 is 0 Å². The Balaban J connectivity index is 1.43. The zero-order valence-corrected chi connectivity index (χ0v) is 18.1. The maximum Gasteiger partial charge on any atom is 0.227 e. The largest absolute Gasteiger partial charge is 0.381 e. The average Bonchev–Trinajstić information content (AvgIpc) is 2.81. The number of carbonyl (C=O) groups is 2. The van der Waals surface area contributed by atoms with E-state index in [1.54, 1.807) is 11.1 Å². The van der Waals surface area contributed by atoms with E-state index in [1.807, 2.05) is 6.92 Å². The van der Waals surface area contributed by atoms with Gasteiger partial charge in [-0.15, -0.1) is 0 Å². The van der Waals surface area contributed by atoms with Gasteiger partial charge in [-0.25, -0.2) is 8.78 Å². The summed E-state index contributed by atoms with van der Waals surface area (Å²) >= 11 is 0. The number of rotatable bonds is 5. The standard InChI is InChI=1S/C24H27F2N3O3/c1-15-20(13-28-24(31)16-6-9-32-10-7-16)18-5-8-29(14-17(18)12-27-15)23(30)11-19-21(25)3-2-4-22(19)26/h2-4,12,16H,5-11,13-14H2,1H3,(H,28,31). The number of hydrogen-bond donors (Lipinski definition) is 1. The lowest BCUT2D eigenvalue weighted by Crippen LogP contribution is -2.38. The number of fused-ring (bicyclic) bond motifs is 1. The molecule has 8 heteroatoms. The Morgan fingerprint density at radius 3 is 2.62 bits per heavy atom. The number of ether oxygens (including phenoxy) is 1. The van der Waals surface area contributed by atoms with Crippen LogP contribution in [0.4, 0.5) is 8.78 Å². The molecule has 3 heterocycles. The van der Waals surface area contributed by atoms with Crippen molar-refractivity contribution in [3.8, 4) is 0 Å². The van der Waals surface area contributed by atoms with Crippen molar-refractivity contribution in [2.75, 3.05) is 19.8 Å². The second kappa shape index (κ2) is 9.73. The van der Waals surface area contributed by atoms with E-state index < -0.39 is 11.6 Å². The van der Waals surface area contributed by atoms with Crippen molar-refractivity contribution in [3.05, 3.63) is 64.0 Å². The van der Waals surface area contributed by atoms with Crippen LogP contribution in [-0.4, -0.2) is 41.5 Å². The molecule has 0 spiro atoms. The molecule has 1 fully saturated rings. The summed E-state index contributed by atoms with van der Waals surface area (Å²) in [4.78, 5) is 31.3. The van der Waals surface area contributed by atoms with Gasteiger partial charge in [0.15, 0.2) is 0 Å². The van der Waals surface area contributed by atoms with Gasteiger partial charge < -0.3 is 15.0 Å². The van der Waals surface area contributed by atoms with Crippen LogP contribution < -0.4 is 5.32 Å². The third-order valence-corrected chi connectivity index (χ3v) is 6.37. The Morgan fingerprint density at radius 2 is 1.91 bits per heavy atom. The van der Waals surface area contributed by atoms with E-state index in [2.05, 4.69) is 10.3 Å². The molecule has 0 atom stereocenters. The van der Waals surface area contributed by atoms with E-state index in [0.717, 1.165) is 47.4 Å². The van der Waals surface area contributed by atoms with Crippen LogP contribution in [0.1, 0.15) is 40.8 Å². The molecule has 0 unspecified atom stereocenters. The first kappa shape index (κ1) is 22.3. The second-order valence-electron chi connectivity index (χ2n) is 8.37. The predicted molar refractivity (Wildman–Crippen MR) is 114 cm³/mol. The maximum absolute atomic E-state index is 13.9. The molecule has 2 aromatic rings. The van der Waals surface area contributed by atoms with Crippen LogP contribution in [-0.2, 0) is 40.3 Å². The SMILES string of the molecule is Cc1ncc2c(c1CNC(=O)C1CCOCC1)CCN(C(=O)Cc1c(F)cccc1F)C2. The van der Waals surface area contributed by atoms with Crippen LogP contribution >= 0.6 is 0 Å². The van der Waals surface area contributed by atoms with E-state index in [4.69, 9.17) is 4.74 Å². The summed E-state index contributed by atoms with van der Waals surface area (Å²) in [6.45, 7) is 4.31. The van der Waals surface area contributed by atoms with E-state index in [-0.39, 0.29) is 29.7 Å². The van der Waals surface area contributed by atoms with Gasteiger partial charge in [0.1, 0.15) is 11.6 Å². The van der Waals surface area contributed by atoms with Gasteiger partial charge in [-0.1, -0.05) is 6.07 Å². The lowest BCUT2D eigenvalue weighted by atomic mass is 9.94. The Bertz CT molecular complexity index is 1000. The van der Waals surface area contributed by atoms with Gasteiger partial charge in [0, 0.05) is 56.2 Å². The number of pyridine rings is 1. The fourth-order valence-electron chi connectivity index (χ4n) is 4.41. The normalized spacial score (nSPS) is 16.5. The highest BCUT2D eigenvalue weighted by molar-refractivity contribution is 5.79. The Hall–Kier alpha value is -2.87. The van der Waals surface area contributed by atoms with Gasteiger partial charge in [0.2, 0.25) is 11.8 Å². The number of nitrogens with zero attached hydrogens (tertiary/aromatic N) is 2. The number of halogens is 2. The smallest absolute Gasteiger partial charge is 0.227 e. The molecule has 0 bridgehead atoms. The van der Waals surface area contributed by atoms with E-state index in [0.29, 0.717) is 39.3 Å². The number of hydrogen-bond acceptors (Lipinski definition) is 4. The molecular weight excluding hydrogens is 416 g/mol. The first-order valence-corrected chi connectivity index (χ1v) is 11.0. The molecule has 32 heavy (non-hydrogen) atoms. The molecule has 1 saturated heterocycles. The molecule has 0 radical (unpaired) electrons. The summed E-state index contributed by atoms with van der Waals surface area (Å²) in [5, 5.41) is 3.04. The van der Waals surface area contributed by atoms with Crippen molar-refractivity contribution in [1.29, 1.82) is 0 Å². The van der Waals surface area contributed by atoms with Crippen molar-refractivity contribution in [2.24, 2.45) is 5.92 Å². The van der Waals surface area contributed by atoms with E-state index in [1.165, 1.54) is 6.07 Å². The Morgan fingerprint density at radius 1 is 1.19 bits per heavy atom. The molecule has 6 nitrogen and oxygen atoms in total. The van der Waals surface area contributed by atoms with Crippen molar-refractivity contribution in [1.82, 2.24) is 15.2 Å². The van der Waals surface area contributed by atoms with Gasteiger partial charge >= 0.3 is 0 Å². The molecule has 2 aliphatic rings. The van der Waals surface area contributed by atoms with Crippen LogP contribution in [0.5, 0.6) is 0 Å². The minimum atomic E-state index is -0.712. The molecule has 0 aliphatic carbocycles. The highest BCUT2D eigenvalue weighted by Gasteiger charge is 2.26. The van der Waals surface area contributed by atoms with Crippen molar-refractivity contribution < 1.29 is 23.1 Å². The maximum atomic E-state index is 13.9. The molecule has 2 aliphatic heterocycles. The highest BCUT2D eigenvalue weighted by Crippen LogP contribution is 2.25. The number of nitrogens with one attached hydrogen (secondary N) is 1. The lowest BCUT2D eigenvalue weighted by molar-refractivity contribution is -0.131. The van der Waals surface area contributed by atoms with Crippen molar-refractivity contribution >= 4 is 11.8 Å². The summed E-state index contributed by atoms with van der Waals surface area (Å²) in [5.74, 6) is -1.74. The van der Waals surface area contributed by atoms with Crippen LogP contribution in [0, 0.1) is 24.5 Å². The minimum Gasteiger partial charge on any atom is -0.381 e. The van der Waals surface area contributed by atoms with E-state index in [9.17, 15) is 18.4 Å². The Labute approximate surface area is 186 Å². The summed E-state index contributed by atoms with van der Waals surface area (Å²) < 4.78 is 33.2. The van der Waals surface area contributed by atoms with Gasteiger partial charge in [0.05, 0.1) is 6.42 Å². The Kier molecular flexibility index (Phi) is 6.79. The number of benzene rings is 1. The van der Waals surface area contributed by atoms with Crippen LogP contribution in [0.2, 0.25) is 0 Å². The summed E-state index contributed by atoms with van der Waals surface area (Å²) in [6, 6.07) is 3.60. The average molecular weight is 443 g/mol. The lowest BCUT2D eigenvalue weighted by Gasteiger charge is -2.31. The first-order chi connectivity index (χ1) is 15.4. The van der Waals surface area contributed by atoms with Crippen LogP contribution in [0.3, 0.4) is 0 Å². The fraction of sp³-hybridized carbons (Fsp3) is 0.458. The molecule has 2 amide bonds. The zero-order chi connectivity index (χ0) is 22.7. The van der Waals surface area contributed by atoms with Crippen molar-refractivity contribution in [2.45, 2.75) is 45.7 Å². The van der Waals surface area contributed by atoms with Crippen LogP contribution in [0.15, 0.2) is 24.4 Å². The number of aryl methyl sites for hydroxylation is 1. The summed E-state index contributed by atoms with van der Waals surface area (Å²) in [7, 11) is 0. The molecule has 1 N–H and O–H groups in total. The summed E-state index contributed by atoms with van der Waals surface area (Å²) in [5.41, 5.74) is 3.62. The number of carbonyl (C=O) groups excluding carboxylic acids is 2. The zero-order valence-electron chi connectivity index (χ0n) is 18.1. The highest BCUT2D eigenvalue weighted by atomic mass is 19.1. The first-order valence-electron chi connectivity index (χ1n) is 11.0. The molecule has 4 rings (SSSR count). The monoisotopic (exact) mass is 443 g/mol. The topological polar surface area (TPSA) is 71.5 Å². The quantitative estimate of drug-likeness (QED) is 0.772.